The van der Waals surface area contributed by atoms with Crippen LogP contribution in [-0.4, -0.2) is 29.2 Å². The summed E-state index contributed by atoms with van der Waals surface area (Å²) in [6.07, 6.45) is 2.56. The first-order chi connectivity index (χ1) is 9.95. The first-order valence-corrected chi connectivity index (χ1v) is 6.91. The van der Waals surface area contributed by atoms with Crippen LogP contribution in [0.25, 0.3) is 0 Å². The van der Waals surface area contributed by atoms with Gasteiger partial charge in [0, 0.05) is 5.69 Å². The molecule has 0 saturated carbocycles. The second-order valence-corrected chi connectivity index (χ2v) is 5.71. The Hall–Kier alpha value is -2.14. The molecule has 1 aromatic carbocycles. The summed E-state index contributed by atoms with van der Waals surface area (Å²) in [5, 5.41) is 12.1. The number of hydrogen-bond acceptors (Lipinski definition) is 3. The lowest BCUT2D eigenvalue weighted by atomic mass is 9.82. The summed E-state index contributed by atoms with van der Waals surface area (Å²) in [4.78, 5) is 23.8. The predicted octanol–water partition coefficient (Wildman–Crippen LogP) is 1.90. The average molecular weight is 287 g/mol. The van der Waals surface area contributed by atoms with Crippen LogP contribution in [0.3, 0.4) is 0 Å². The highest BCUT2D eigenvalue weighted by atomic mass is 16.5. The Morgan fingerprint density at radius 2 is 1.62 bits per heavy atom. The summed E-state index contributed by atoms with van der Waals surface area (Å²) in [5.41, 5.74) is 2.78. The van der Waals surface area contributed by atoms with E-state index in [1.54, 1.807) is 12.2 Å². The minimum atomic E-state index is -0.993. The molecule has 1 fully saturated rings. The van der Waals surface area contributed by atoms with Gasteiger partial charge in [0.05, 0.1) is 18.1 Å². The van der Waals surface area contributed by atoms with Crippen molar-refractivity contribution in [3.05, 3.63) is 41.5 Å². The number of aliphatic carboxylic acids is 1. The SMILES string of the molecule is Cc1cc(C)cc(NC(=O)[C@@H]2[C@@H](C(=O)O)[C@@H]3C=C[C@@H]2O3)c1. The first-order valence-electron chi connectivity index (χ1n) is 6.91. The van der Waals surface area contributed by atoms with Crippen molar-refractivity contribution in [1.29, 1.82) is 0 Å². The average Bonchev–Trinajstić information content (AvgIpc) is 2.96. The maximum Gasteiger partial charge on any atom is 0.310 e. The van der Waals surface area contributed by atoms with E-state index in [1.165, 1.54) is 0 Å². The minimum absolute atomic E-state index is 0.302. The second-order valence-electron chi connectivity index (χ2n) is 5.71. The number of aryl methyl sites for hydroxylation is 2. The molecule has 1 aromatic rings. The third-order valence-corrected chi connectivity index (χ3v) is 3.98. The van der Waals surface area contributed by atoms with Gasteiger partial charge in [0.2, 0.25) is 5.91 Å². The first kappa shape index (κ1) is 13.8. The zero-order chi connectivity index (χ0) is 15.1. The Morgan fingerprint density at radius 1 is 1.05 bits per heavy atom. The number of carboxylic acids is 1. The van der Waals surface area contributed by atoms with Gasteiger partial charge < -0.3 is 15.2 Å². The van der Waals surface area contributed by atoms with Crippen molar-refractivity contribution in [1.82, 2.24) is 0 Å². The van der Waals surface area contributed by atoms with Crippen molar-refractivity contribution in [2.45, 2.75) is 26.1 Å². The Kier molecular flexibility index (Phi) is 3.29. The lowest BCUT2D eigenvalue weighted by Gasteiger charge is -2.21. The van der Waals surface area contributed by atoms with E-state index in [0.29, 0.717) is 5.69 Å². The molecule has 1 amide bonds. The summed E-state index contributed by atoms with van der Waals surface area (Å²) in [6, 6.07) is 5.74. The van der Waals surface area contributed by atoms with Crippen molar-refractivity contribution in [3.8, 4) is 0 Å². The van der Waals surface area contributed by atoms with Gasteiger partial charge in [-0.1, -0.05) is 18.2 Å². The van der Waals surface area contributed by atoms with Gasteiger partial charge in [-0.05, 0) is 37.1 Å². The van der Waals surface area contributed by atoms with Gasteiger partial charge in [-0.2, -0.15) is 0 Å². The fourth-order valence-corrected chi connectivity index (χ4v) is 3.19. The molecule has 110 valence electrons. The van der Waals surface area contributed by atoms with Crippen molar-refractivity contribution in [3.63, 3.8) is 0 Å². The van der Waals surface area contributed by atoms with Crippen LogP contribution < -0.4 is 5.32 Å². The Morgan fingerprint density at radius 3 is 2.19 bits per heavy atom. The standard InChI is InChI=1S/C16H17NO4/c1-8-5-9(2)7-10(6-8)17-15(18)13-11-3-4-12(21-11)14(13)16(19)20/h3-7,11-14H,1-2H3,(H,17,18)(H,19,20)/t11-,12-,13-,14-/m0/s1. The number of benzene rings is 1. The molecule has 2 aliphatic heterocycles. The van der Waals surface area contributed by atoms with Crippen LogP contribution in [0.5, 0.6) is 0 Å². The molecule has 0 aliphatic carbocycles. The van der Waals surface area contributed by atoms with Gasteiger partial charge in [0.25, 0.3) is 0 Å². The number of ether oxygens (including phenoxy) is 1. The molecule has 2 aliphatic rings. The second kappa shape index (κ2) is 5.00. The number of amides is 1. The summed E-state index contributed by atoms with van der Waals surface area (Å²) < 4.78 is 5.51. The van der Waals surface area contributed by atoms with Crippen molar-refractivity contribution in [2.75, 3.05) is 5.32 Å². The number of hydrogen-bond donors (Lipinski definition) is 2. The molecular weight excluding hydrogens is 270 g/mol. The summed E-state index contributed by atoms with van der Waals surface area (Å²) in [6.45, 7) is 3.90. The number of nitrogens with one attached hydrogen (secondary N) is 1. The molecule has 5 nitrogen and oxygen atoms in total. The molecule has 2 bridgehead atoms. The monoisotopic (exact) mass is 287 g/mol. The van der Waals surface area contributed by atoms with E-state index in [9.17, 15) is 14.7 Å². The van der Waals surface area contributed by atoms with Crippen LogP contribution in [0.4, 0.5) is 5.69 Å². The van der Waals surface area contributed by atoms with Crippen LogP contribution in [0.1, 0.15) is 11.1 Å². The molecule has 1 saturated heterocycles. The van der Waals surface area contributed by atoms with Crippen molar-refractivity contribution < 1.29 is 19.4 Å². The molecule has 2 heterocycles. The highest BCUT2D eigenvalue weighted by molar-refractivity contribution is 5.96. The normalized spacial score (nSPS) is 29.6. The number of rotatable bonds is 3. The summed E-state index contributed by atoms with van der Waals surface area (Å²) in [5.74, 6) is -2.79. The topological polar surface area (TPSA) is 75.6 Å². The molecule has 0 unspecified atom stereocenters. The van der Waals surface area contributed by atoms with E-state index in [-0.39, 0.29) is 5.91 Å². The maximum atomic E-state index is 12.5. The van der Waals surface area contributed by atoms with Crippen LogP contribution in [-0.2, 0) is 14.3 Å². The van der Waals surface area contributed by atoms with Gasteiger partial charge in [0.1, 0.15) is 5.92 Å². The lowest BCUT2D eigenvalue weighted by molar-refractivity contribution is -0.145. The number of anilines is 1. The molecule has 5 heteroatoms. The van der Waals surface area contributed by atoms with E-state index < -0.39 is 30.0 Å². The van der Waals surface area contributed by atoms with Crippen LogP contribution in [0.15, 0.2) is 30.4 Å². The van der Waals surface area contributed by atoms with Crippen LogP contribution >= 0.6 is 0 Å². The number of carbonyl (C=O) groups is 2. The molecule has 0 aromatic heterocycles. The quantitative estimate of drug-likeness (QED) is 0.833. The molecule has 3 rings (SSSR count). The lowest BCUT2D eigenvalue weighted by Crippen LogP contribution is -2.39. The van der Waals surface area contributed by atoms with Gasteiger partial charge in [-0.25, -0.2) is 0 Å². The van der Waals surface area contributed by atoms with Gasteiger partial charge in [-0.3, -0.25) is 9.59 Å². The third kappa shape index (κ3) is 2.45. The summed E-state index contributed by atoms with van der Waals surface area (Å²) >= 11 is 0. The highest BCUT2D eigenvalue weighted by Gasteiger charge is 2.53. The van der Waals surface area contributed by atoms with Crippen LogP contribution in [0.2, 0.25) is 0 Å². The van der Waals surface area contributed by atoms with Gasteiger partial charge in [-0.15, -0.1) is 0 Å². The van der Waals surface area contributed by atoms with E-state index in [1.807, 2.05) is 32.0 Å². The maximum absolute atomic E-state index is 12.5. The minimum Gasteiger partial charge on any atom is -0.481 e. The third-order valence-electron chi connectivity index (χ3n) is 3.98. The Balaban J connectivity index is 1.82. The zero-order valence-corrected chi connectivity index (χ0v) is 11.9. The molecule has 21 heavy (non-hydrogen) atoms. The Bertz CT molecular complexity index is 617. The van der Waals surface area contributed by atoms with Crippen molar-refractivity contribution in [2.24, 2.45) is 11.8 Å². The fourth-order valence-electron chi connectivity index (χ4n) is 3.19. The molecule has 2 N–H and O–H groups in total. The molecule has 0 radical (unpaired) electrons. The summed E-state index contributed by atoms with van der Waals surface area (Å²) in [7, 11) is 0. The van der Waals surface area contributed by atoms with Gasteiger partial charge in [0.15, 0.2) is 0 Å². The van der Waals surface area contributed by atoms with E-state index in [4.69, 9.17) is 4.74 Å². The number of carbonyl (C=O) groups excluding carboxylic acids is 1. The van der Waals surface area contributed by atoms with Crippen LogP contribution in [0, 0.1) is 25.7 Å². The molecule has 0 spiro atoms. The van der Waals surface area contributed by atoms with Gasteiger partial charge >= 0.3 is 5.97 Å². The van der Waals surface area contributed by atoms with Crippen molar-refractivity contribution >= 4 is 17.6 Å². The van der Waals surface area contributed by atoms with E-state index in [0.717, 1.165) is 11.1 Å². The number of carboxylic acid groups (broad SMARTS) is 1. The fraction of sp³-hybridized carbons (Fsp3) is 0.375. The zero-order valence-electron chi connectivity index (χ0n) is 11.9. The van der Waals surface area contributed by atoms with E-state index in [2.05, 4.69) is 5.32 Å². The highest BCUT2D eigenvalue weighted by Crippen LogP contribution is 2.39. The Labute approximate surface area is 122 Å². The molecule has 4 atom stereocenters. The smallest absolute Gasteiger partial charge is 0.310 e. The van der Waals surface area contributed by atoms with E-state index >= 15 is 0 Å². The number of fused-ring (bicyclic) bond motifs is 2. The molecular formula is C16H17NO4. The predicted molar refractivity (Wildman–Crippen MR) is 77.0 cm³/mol. The largest absolute Gasteiger partial charge is 0.481 e.